The van der Waals surface area contributed by atoms with E-state index in [2.05, 4.69) is 15.5 Å². The summed E-state index contributed by atoms with van der Waals surface area (Å²) in [6.45, 7) is 1.57. The largest absolute Gasteiger partial charge is 0.772 e. The van der Waals surface area contributed by atoms with Gasteiger partial charge in [-0.25, -0.2) is 8.78 Å². The molecule has 4 aromatic rings. The molecule has 0 radical (unpaired) electrons. The molecule has 1 aliphatic rings. The van der Waals surface area contributed by atoms with Crippen LogP contribution in [0, 0.1) is 11.6 Å². The maximum atomic E-state index is 15.4. The van der Waals surface area contributed by atoms with Gasteiger partial charge in [-0.15, -0.1) is 0 Å². The smallest absolute Gasteiger partial charge is 0.257 e. The van der Waals surface area contributed by atoms with Crippen LogP contribution in [-0.4, -0.2) is 24.8 Å². The lowest BCUT2D eigenvalue weighted by molar-refractivity contribution is -0.115. The van der Waals surface area contributed by atoms with Crippen LogP contribution in [0.5, 0.6) is 0 Å². The van der Waals surface area contributed by atoms with E-state index in [1.165, 1.54) is 36.4 Å². The van der Waals surface area contributed by atoms with Crippen molar-refractivity contribution < 1.29 is 26.9 Å². The summed E-state index contributed by atoms with van der Waals surface area (Å²) in [5.74, 6) is -0.911. The van der Waals surface area contributed by atoms with E-state index in [9.17, 15) is 17.9 Å². The Morgan fingerprint density at radius 2 is 1.84 bits per heavy atom. The molecule has 11 heteroatoms. The molecule has 7 nitrogen and oxygen atoms in total. The van der Waals surface area contributed by atoms with Crippen molar-refractivity contribution in [3.8, 4) is 11.5 Å². The molecule has 1 fully saturated rings. The molecule has 0 aliphatic heterocycles. The van der Waals surface area contributed by atoms with Gasteiger partial charge in [-0.1, -0.05) is 41.0 Å². The number of nitrogens with zero attached hydrogens (tertiary/aromatic N) is 2. The number of hydrogen-bond donors (Lipinski definition) is 1. The summed E-state index contributed by atoms with van der Waals surface area (Å²) in [5, 5.41) is 6.16. The van der Waals surface area contributed by atoms with Crippen molar-refractivity contribution in [3.63, 3.8) is 0 Å². The molecule has 1 amide bonds. The summed E-state index contributed by atoms with van der Waals surface area (Å²) >= 11 is 4.26. The van der Waals surface area contributed by atoms with Crippen LogP contribution < -0.4 is 5.32 Å². The zero-order valence-corrected chi connectivity index (χ0v) is 21.6. The standard InChI is InChI=1S/C27H22ClF2N3O4S/c1-15(38(35)36)17-4-2-16(3-5-17)12-23(34)31-20-13-21(28)24(22(30)14-20)27(10-11-27)26-32-25(37-33-26)18-6-8-19(29)9-7-18/h2-9,13-15H,10-12H2,1H3,(H,31,34)(H,35,36)/p-1. The predicted octanol–water partition coefficient (Wildman–Crippen LogP) is 5.87. The Balaban J connectivity index is 1.31. The fraction of sp³-hybridized carbons (Fsp3) is 0.222. The number of rotatable bonds is 8. The molecule has 196 valence electrons. The molecule has 1 aliphatic carbocycles. The maximum absolute atomic E-state index is 15.4. The molecule has 0 saturated heterocycles. The predicted molar refractivity (Wildman–Crippen MR) is 137 cm³/mol. The molecule has 1 saturated carbocycles. The minimum absolute atomic E-state index is 0.00900. The number of nitrogens with one attached hydrogen (secondary N) is 1. The second-order valence-corrected chi connectivity index (χ2v) is 10.8. The maximum Gasteiger partial charge on any atom is 0.257 e. The summed E-state index contributed by atoms with van der Waals surface area (Å²) in [4.78, 5) is 17.0. The Labute approximate surface area is 224 Å². The molecule has 38 heavy (non-hydrogen) atoms. The minimum atomic E-state index is -2.24. The van der Waals surface area contributed by atoms with E-state index < -0.39 is 33.4 Å². The van der Waals surface area contributed by atoms with Crippen LogP contribution in [-0.2, 0) is 27.7 Å². The highest BCUT2D eigenvalue weighted by molar-refractivity contribution is 7.79. The zero-order chi connectivity index (χ0) is 27.0. The van der Waals surface area contributed by atoms with Gasteiger partial charge in [0.1, 0.15) is 11.6 Å². The van der Waals surface area contributed by atoms with Gasteiger partial charge >= 0.3 is 0 Å². The summed E-state index contributed by atoms with van der Waals surface area (Å²) in [6, 6.07) is 14.9. The van der Waals surface area contributed by atoms with Crippen molar-refractivity contribution in [3.05, 3.63) is 99.8 Å². The first kappa shape index (κ1) is 26.1. The van der Waals surface area contributed by atoms with Gasteiger partial charge in [0.25, 0.3) is 5.89 Å². The van der Waals surface area contributed by atoms with Gasteiger partial charge in [-0.2, -0.15) is 4.98 Å². The Morgan fingerprint density at radius 1 is 1.16 bits per heavy atom. The van der Waals surface area contributed by atoms with Crippen LogP contribution in [0.3, 0.4) is 0 Å². The number of hydrogen-bond acceptors (Lipinski definition) is 6. The van der Waals surface area contributed by atoms with Crippen molar-refractivity contribution in [1.29, 1.82) is 0 Å². The molecular formula is C27H21ClF2N3O4S-. The molecule has 1 heterocycles. The van der Waals surface area contributed by atoms with Crippen molar-refractivity contribution in [2.45, 2.75) is 36.9 Å². The van der Waals surface area contributed by atoms with Gasteiger partial charge in [0.05, 0.1) is 11.8 Å². The van der Waals surface area contributed by atoms with Crippen LogP contribution in [0.2, 0.25) is 5.02 Å². The quantitative estimate of drug-likeness (QED) is 0.272. The second-order valence-electron chi connectivity index (χ2n) is 9.20. The average molecular weight is 557 g/mol. The van der Waals surface area contributed by atoms with Gasteiger partial charge in [0, 0.05) is 27.1 Å². The topological polar surface area (TPSA) is 108 Å². The Kier molecular flexibility index (Phi) is 7.13. The van der Waals surface area contributed by atoms with E-state index in [0.717, 1.165) is 0 Å². The molecule has 2 unspecified atom stereocenters. The van der Waals surface area contributed by atoms with Crippen LogP contribution in [0.1, 0.15) is 47.5 Å². The van der Waals surface area contributed by atoms with Crippen LogP contribution in [0.15, 0.2) is 65.2 Å². The highest BCUT2D eigenvalue weighted by atomic mass is 35.5. The summed E-state index contributed by atoms with van der Waals surface area (Å²) in [7, 11) is 0. The Hall–Kier alpha value is -3.47. The molecule has 5 rings (SSSR count). The number of halogens is 3. The van der Waals surface area contributed by atoms with Crippen molar-refractivity contribution in [2.24, 2.45) is 0 Å². The fourth-order valence-corrected chi connectivity index (χ4v) is 5.12. The lowest BCUT2D eigenvalue weighted by Crippen LogP contribution is -2.17. The average Bonchev–Trinajstić information content (AvgIpc) is 3.50. The minimum Gasteiger partial charge on any atom is -0.772 e. The molecule has 2 atom stereocenters. The third-order valence-corrected chi connectivity index (χ3v) is 7.75. The fourth-order valence-electron chi connectivity index (χ4n) is 4.35. The lowest BCUT2D eigenvalue weighted by Gasteiger charge is -2.16. The van der Waals surface area contributed by atoms with Crippen LogP contribution in [0.4, 0.5) is 14.5 Å². The van der Waals surface area contributed by atoms with E-state index in [0.29, 0.717) is 29.5 Å². The van der Waals surface area contributed by atoms with Gasteiger partial charge in [0.15, 0.2) is 5.82 Å². The Bertz CT molecular complexity index is 1500. The van der Waals surface area contributed by atoms with Crippen LogP contribution in [0.25, 0.3) is 11.5 Å². The monoisotopic (exact) mass is 556 g/mol. The first-order valence-electron chi connectivity index (χ1n) is 11.7. The SMILES string of the molecule is CC(c1ccc(CC(=O)Nc2cc(F)c(C3(c4noc(-c5ccc(F)cc5)n4)CC3)c(Cl)c2)cc1)S(=O)[O-]. The normalized spacial score (nSPS) is 15.6. The third kappa shape index (κ3) is 5.24. The molecule has 0 spiro atoms. The summed E-state index contributed by atoms with van der Waals surface area (Å²) < 4.78 is 56.2. The zero-order valence-electron chi connectivity index (χ0n) is 20.0. The number of anilines is 1. The van der Waals surface area contributed by atoms with E-state index in [1.54, 1.807) is 31.2 Å². The highest BCUT2D eigenvalue weighted by Gasteiger charge is 2.53. The van der Waals surface area contributed by atoms with Gasteiger partial charge < -0.3 is 14.4 Å². The molecule has 0 bridgehead atoms. The van der Waals surface area contributed by atoms with E-state index >= 15 is 4.39 Å². The number of carbonyl (C=O) groups excluding carboxylic acids is 1. The van der Waals surface area contributed by atoms with Crippen molar-refractivity contribution in [1.82, 2.24) is 10.1 Å². The molecule has 1 N–H and O–H groups in total. The molecule has 1 aromatic heterocycles. The highest BCUT2D eigenvalue weighted by Crippen LogP contribution is 2.55. The first-order valence-corrected chi connectivity index (χ1v) is 13.2. The van der Waals surface area contributed by atoms with E-state index in [1.807, 2.05) is 0 Å². The lowest BCUT2D eigenvalue weighted by atomic mass is 9.94. The van der Waals surface area contributed by atoms with Gasteiger partial charge in [-0.05, 0) is 78.4 Å². The van der Waals surface area contributed by atoms with Crippen molar-refractivity contribution in [2.75, 3.05) is 5.32 Å². The first-order chi connectivity index (χ1) is 18.2. The van der Waals surface area contributed by atoms with E-state index in [-0.39, 0.29) is 40.3 Å². The summed E-state index contributed by atoms with van der Waals surface area (Å²) in [5.41, 5.74) is 1.40. The van der Waals surface area contributed by atoms with Gasteiger partial charge in [-0.3, -0.25) is 9.00 Å². The number of aromatic nitrogens is 2. The number of carbonyl (C=O) groups is 1. The number of benzene rings is 3. The Morgan fingerprint density at radius 3 is 2.45 bits per heavy atom. The molecular weight excluding hydrogens is 536 g/mol. The molecule has 3 aromatic carbocycles. The second kappa shape index (κ2) is 10.4. The van der Waals surface area contributed by atoms with Crippen molar-refractivity contribution >= 4 is 34.3 Å². The van der Waals surface area contributed by atoms with E-state index in [4.69, 9.17) is 16.1 Å². The summed E-state index contributed by atoms with van der Waals surface area (Å²) in [6.07, 6.45) is 1.13. The third-order valence-electron chi connectivity index (χ3n) is 6.60. The van der Waals surface area contributed by atoms with Crippen LogP contribution >= 0.6 is 11.6 Å². The van der Waals surface area contributed by atoms with Gasteiger partial charge in [0.2, 0.25) is 5.91 Å². The number of amides is 1.